The van der Waals surface area contributed by atoms with Gasteiger partial charge in [-0.1, -0.05) is 13.8 Å². The summed E-state index contributed by atoms with van der Waals surface area (Å²) >= 11 is 0. The normalized spacial score (nSPS) is 11.6. The first-order valence-electron chi connectivity index (χ1n) is 8.44. The number of fused-ring (bicyclic) bond motifs is 1. The highest BCUT2D eigenvalue weighted by Crippen LogP contribution is 2.27. The highest BCUT2D eigenvalue weighted by Gasteiger charge is 2.13. The van der Waals surface area contributed by atoms with Crippen LogP contribution in [0.3, 0.4) is 0 Å². The fourth-order valence-electron chi connectivity index (χ4n) is 3.18. The van der Waals surface area contributed by atoms with Crippen LogP contribution in [-0.2, 0) is 13.1 Å². The molecule has 3 aromatic rings. The Hall–Kier alpha value is -2.53. The quantitative estimate of drug-likeness (QED) is 0.665. The minimum Gasteiger partial charge on any atom is -0.423 e. The topological polar surface area (TPSA) is 59.2 Å². The van der Waals surface area contributed by atoms with Gasteiger partial charge in [0.05, 0.1) is 5.69 Å². The van der Waals surface area contributed by atoms with Crippen molar-refractivity contribution in [2.24, 2.45) is 0 Å². The first-order chi connectivity index (χ1) is 11.9. The van der Waals surface area contributed by atoms with Crippen molar-refractivity contribution >= 4 is 11.0 Å². The molecule has 0 saturated carbocycles. The molecule has 25 heavy (non-hydrogen) atoms. The van der Waals surface area contributed by atoms with Gasteiger partial charge in [-0.25, -0.2) is 4.79 Å². The van der Waals surface area contributed by atoms with E-state index in [0.717, 1.165) is 22.2 Å². The molecule has 2 aromatic heterocycles. The smallest absolute Gasteiger partial charge is 0.336 e. The molecule has 0 saturated heterocycles. The summed E-state index contributed by atoms with van der Waals surface area (Å²) in [6, 6.07) is 5.72. The molecule has 0 unspecified atom stereocenters. The van der Waals surface area contributed by atoms with Crippen molar-refractivity contribution in [2.45, 2.75) is 39.8 Å². The van der Waals surface area contributed by atoms with Crippen molar-refractivity contribution in [3.05, 3.63) is 69.6 Å². The van der Waals surface area contributed by atoms with E-state index in [1.165, 1.54) is 5.56 Å². The third-order valence-electron chi connectivity index (χ3n) is 4.33. The van der Waals surface area contributed by atoms with E-state index in [1.54, 1.807) is 24.7 Å². The van der Waals surface area contributed by atoms with Gasteiger partial charge in [-0.05, 0) is 48.7 Å². The van der Waals surface area contributed by atoms with Gasteiger partial charge in [-0.3, -0.25) is 14.9 Å². The first kappa shape index (κ1) is 17.3. The Morgan fingerprint density at radius 1 is 1.16 bits per heavy atom. The van der Waals surface area contributed by atoms with Gasteiger partial charge in [0.25, 0.3) is 0 Å². The third-order valence-corrected chi connectivity index (χ3v) is 4.33. The number of hydrogen-bond donors (Lipinski definition) is 0. The molecule has 5 heteroatoms. The monoisotopic (exact) mass is 337 g/mol. The lowest BCUT2D eigenvalue weighted by Crippen LogP contribution is -2.19. The molecule has 0 N–H and O–H groups in total. The molecule has 5 nitrogen and oxygen atoms in total. The lowest BCUT2D eigenvalue weighted by atomic mass is 9.95. The molecule has 0 aliphatic heterocycles. The average Bonchev–Trinajstić information content (AvgIpc) is 2.54. The van der Waals surface area contributed by atoms with E-state index < -0.39 is 0 Å². The van der Waals surface area contributed by atoms with E-state index in [-0.39, 0.29) is 5.63 Å². The Kier molecular flexibility index (Phi) is 4.95. The maximum absolute atomic E-state index is 12.0. The van der Waals surface area contributed by atoms with Gasteiger partial charge in [0, 0.05) is 43.1 Å². The molecular weight excluding hydrogens is 314 g/mol. The largest absolute Gasteiger partial charge is 0.423 e. The molecule has 0 aliphatic rings. The molecule has 0 spiro atoms. The van der Waals surface area contributed by atoms with E-state index in [1.807, 2.05) is 13.1 Å². The molecule has 0 amide bonds. The van der Waals surface area contributed by atoms with Crippen LogP contribution < -0.4 is 5.63 Å². The predicted octanol–water partition coefficient (Wildman–Crippen LogP) is 3.65. The molecule has 0 atom stereocenters. The zero-order chi connectivity index (χ0) is 18.0. The zero-order valence-electron chi connectivity index (χ0n) is 15.1. The fraction of sp³-hybridized carbons (Fsp3) is 0.350. The molecule has 2 heterocycles. The molecule has 130 valence electrons. The average molecular weight is 337 g/mol. The number of aryl methyl sites for hydroxylation is 1. The van der Waals surface area contributed by atoms with Crippen LogP contribution in [0.15, 0.2) is 46.0 Å². The summed E-state index contributed by atoms with van der Waals surface area (Å²) in [6.07, 6.45) is 5.11. The zero-order valence-corrected chi connectivity index (χ0v) is 15.1. The number of benzene rings is 1. The number of hydrogen-bond acceptors (Lipinski definition) is 5. The van der Waals surface area contributed by atoms with Crippen LogP contribution in [0.5, 0.6) is 0 Å². The summed E-state index contributed by atoms with van der Waals surface area (Å²) in [5.74, 6) is 0.418. The summed E-state index contributed by atoms with van der Waals surface area (Å²) < 4.78 is 5.42. The minimum atomic E-state index is -0.313. The van der Waals surface area contributed by atoms with Gasteiger partial charge < -0.3 is 4.42 Å². The highest BCUT2D eigenvalue weighted by molar-refractivity contribution is 5.82. The van der Waals surface area contributed by atoms with Crippen molar-refractivity contribution in [2.75, 3.05) is 7.05 Å². The van der Waals surface area contributed by atoms with E-state index in [0.29, 0.717) is 24.6 Å². The van der Waals surface area contributed by atoms with Gasteiger partial charge in [0.15, 0.2) is 0 Å². The number of nitrogens with zero attached hydrogens (tertiary/aromatic N) is 3. The molecule has 0 radical (unpaired) electrons. The standard InChI is InChI=1S/C20H23N3O2/c1-13(2)17-9-18-15(8-20(24)25-19(18)7-14(17)3)11-23(4)12-16-10-21-5-6-22-16/h5-10,13H,11-12H2,1-4H3. The van der Waals surface area contributed by atoms with Crippen LogP contribution in [-0.4, -0.2) is 21.9 Å². The second-order valence-electron chi connectivity index (χ2n) is 6.82. The Morgan fingerprint density at radius 3 is 2.64 bits per heavy atom. The molecule has 3 rings (SSSR count). The van der Waals surface area contributed by atoms with Crippen molar-refractivity contribution in [1.82, 2.24) is 14.9 Å². The first-order valence-corrected chi connectivity index (χ1v) is 8.44. The maximum atomic E-state index is 12.0. The van der Waals surface area contributed by atoms with E-state index in [4.69, 9.17) is 4.42 Å². The van der Waals surface area contributed by atoms with Gasteiger partial charge in [-0.15, -0.1) is 0 Å². The summed E-state index contributed by atoms with van der Waals surface area (Å²) in [5, 5.41) is 1.000. The van der Waals surface area contributed by atoms with E-state index in [2.05, 4.69) is 41.7 Å². The lowest BCUT2D eigenvalue weighted by molar-refractivity contribution is 0.315. The van der Waals surface area contributed by atoms with Gasteiger partial charge >= 0.3 is 5.63 Å². The third kappa shape index (κ3) is 3.94. The van der Waals surface area contributed by atoms with Crippen LogP contribution in [0.25, 0.3) is 11.0 Å². The Labute approximate surface area is 147 Å². The minimum absolute atomic E-state index is 0.313. The SMILES string of the molecule is Cc1cc2oc(=O)cc(CN(C)Cc3cnccn3)c2cc1C(C)C. The van der Waals surface area contributed by atoms with Crippen molar-refractivity contribution < 1.29 is 4.42 Å². The molecular formula is C20H23N3O2. The summed E-state index contributed by atoms with van der Waals surface area (Å²) in [6.45, 7) is 7.71. The molecule has 0 aliphatic carbocycles. The highest BCUT2D eigenvalue weighted by atomic mass is 16.4. The van der Waals surface area contributed by atoms with Crippen LogP contribution in [0.1, 0.15) is 42.1 Å². The molecule has 0 fully saturated rings. The number of aromatic nitrogens is 2. The lowest BCUT2D eigenvalue weighted by Gasteiger charge is -2.18. The Bertz CT molecular complexity index is 933. The van der Waals surface area contributed by atoms with Crippen LogP contribution in [0, 0.1) is 6.92 Å². The summed E-state index contributed by atoms with van der Waals surface area (Å²) in [5.41, 5.74) is 4.63. The van der Waals surface area contributed by atoms with Gasteiger partial charge in [0.2, 0.25) is 0 Å². The van der Waals surface area contributed by atoms with Crippen molar-refractivity contribution in [1.29, 1.82) is 0 Å². The molecule has 0 bridgehead atoms. The fourth-order valence-corrected chi connectivity index (χ4v) is 3.18. The van der Waals surface area contributed by atoms with Crippen LogP contribution in [0.4, 0.5) is 0 Å². The van der Waals surface area contributed by atoms with E-state index >= 15 is 0 Å². The summed E-state index contributed by atoms with van der Waals surface area (Å²) in [7, 11) is 2.01. The van der Waals surface area contributed by atoms with Gasteiger partial charge in [0.1, 0.15) is 5.58 Å². The Balaban J connectivity index is 1.97. The van der Waals surface area contributed by atoms with Crippen LogP contribution >= 0.6 is 0 Å². The predicted molar refractivity (Wildman–Crippen MR) is 98.5 cm³/mol. The second kappa shape index (κ2) is 7.15. The van der Waals surface area contributed by atoms with Gasteiger partial charge in [-0.2, -0.15) is 0 Å². The maximum Gasteiger partial charge on any atom is 0.336 e. The summed E-state index contributed by atoms with van der Waals surface area (Å²) in [4.78, 5) is 22.5. The van der Waals surface area contributed by atoms with Crippen molar-refractivity contribution in [3.63, 3.8) is 0 Å². The van der Waals surface area contributed by atoms with Crippen molar-refractivity contribution in [3.8, 4) is 0 Å². The molecule has 1 aromatic carbocycles. The number of rotatable bonds is 5. The van der Waals surface area contributed by atoms with Crippen LogP contribution in [0.2, 0.25) is 0 Å². The second-order valence-corrected chi connectivity index (χ2v) is 6.82. The Morgan fingerprint density at radius 2 is 1.96 bits per heavy atom. The van der Waals surface area contributed by atoms with E-state index in [9.17, 15) is 4.79 Å².